The van der Waals surface area contributed by atoms with Crippen LogP contribution >= 0.6 is 0 Å². The van der Waals surface area contributed by atoms with Crippen molar-refractivity contribution in [1.82, 2.24) is 9.97 Å². The number of hydrogen-bond donors (Lipinski definition) is 1. The van der Waals surface area contributed by atoms with Crippen molar-refractivity contribution in [2.45, 2.75) is 24.7 Å². The van der Waals surface area contributed by atoms with Gasteiger partial charge in [-0.25, -0.2) is 23.1 Å². The second-order valence-electron chi connectivity index (χ2n) is 6.79. The van der Waals surface area contributed by atoms with Crippen LogP contribution in [0.1, 0.15) is 18.5 Å². The number of carbonyl (C=O) groups is 2. The highest BCUT2D eigenvalue weighted by atomic mass is 32.2. The molecule has 1 N–H and O–H groups in total. The van der Waals surface area contributed by atoms with Gasteiger partial charge in [0.05, 0.1) is 22.4 Å². The molecule has 0 saturated carbocycles. The van der Waals surface area contributed by atoms with Crippen LogP contribution in [0.25, 0.3) is 0 Å². The zero-order chi connectivity index (χ0) is 19.9. The number of hydrogen-bond acceptors (Lipinski definition) is 6. The van der Waals surface area contributed by atoms with Gasteiger partial charge in [-0.1, -0.05) is 12.2 Å². The molecule has 1 saturated heterocycles. The van der Waals surface area contributed by atoms with Crippen LogP contribution in [-0.2, 0) is 19.6 Å². The third-order valence-corrected chi connectivity index (χ3v) is 6.28. The third kappa shape index (κ3) is 3.18. The Kier molecular flexibility index (Phi) is 4.46. The van der Waals surface area contributed by atoms with Crippen LogP contribution in [0.2, 0.25) is 0 Å². The van der Waals surface area contributed by atoms with Gasteiger partial charge in [0.15, 0.2) is 0 Å². The Morgan fingerprint density at radius 2 is 1.61 bits per heavy atom. The summed E-state index contributed by atoms with van der Waals surface area (Å²) in [6.45, 7) is 1.73. The van der Waals surface area contributed by atoms with E-state index in [9.17, 15) is 18.0 Å². The molecule has 144 valence electrons. The van der Waals surface area contributed by atoms with Crippen molar-refractivity contribution in [2.24, 2.45) is 11.8 Å². The quantitative estimate of drug-likeness (QED) is 0.623. The Morgan fingerprint density at radius 3 is 2.18 bits per heavy atom. The van der Waals surface area contributed by atoms with Crippen LogP contribution in [0.15, 0.2) is 53.6 Å². The normalized spacial score (nSPS) is 21.7. The molecule has 0 unspecified atom stereocenters. The van der Waals surface area contributed by atoms with Crippen LogP contribution in [0.4, 0.5) is 11.6 Å². The van der Waals surface area contributed by atoms with Crippen LogP contribution in [0, 0.1) is 18.8 Å². The standard InChI is InChI=1S/C19H18N4O4S/c1-12-10-11-20-19(21-12)22-28(26,27)14-8-6-13(7-9-14)23-17(24)15-4-2-3-5-16(15)18(23)25/h2-3,6-11,15-16H,4-5H2,1H3,(H,20,21,22)/t15-,16-/m1/s1. The molecule has 1 aliphatic heterocycles. The maximum atomic E-state index is 12.6. The lowest BCUT2D eigenvalue weighted by molar-refractivity contribution is -0.122. The van der Waals surface area contributed by atoms with E-state index in [0.29, 0.717) is 24.2 Å². The number of aryl methyl sites for hydroxylation is 1. The van der Waals surface area contributed by atoms with Crippen molar-refractivity contribution in [3.63, 3.8) is 0 Å². The molecule has 2 aromatic rings. The number of nitrogens with one attached hydrogen (secondary N) is 1. The minimum absolute atomic E-state index is 0.0143. The minimum atomic E-state index is -3.89. The molecule has 1 aromatic carbocycles. The van der Waals surface area contributed by atoms with E-state index in [0.717, 1.165) is 4.90 Å². The summed E-state index contributed by atoms with van der Waals surface area (Å²) < 4.78 is 27.4. The van der Waals surface area contributed by atoms with Gasteiger partial charge < -0.3 is 0 Å². The second-order valence-corrected chi connectivity index (χ2v) is 8.47. The van der Waals surface area contributed by atoms with Crippen LogP contribution in [0.3, 0.4) is 0 Å². The van der Waals surface area contributed by atoms with E-state index in [1.807, 2.05) is 12.2 Å². The summed E-state index contributed by atoms with van der Waals surface area (Å²) in [6, 6.07) is 7.30. The van der Waals surface area contributed by atoms with Crippen LogP contribution in [0.5, 0.6) is 0 Å². The zero-order valence-corrected chi connectivity index (χ0v) is 15.9. The van der Waals surface area contributed by atoms with Gasteiger partial charge in [-0.3, -0.25) is 14.5 Å². The van der Waals surface area contributed by atoms with Crippen molar-refractivity contribution in [2.75, 3.05) is 9.62 Å². The molecule has 0 spiro atoms. The number of imide groups is 1. The fourth-order valence-corrected chi connectivity index (χ4v) is 4.46. The number of benzene rings is 1. The Labute approximate surface area is 162 Å². The molecule has 1 aromatic heterocycles. The van der Waals surface area contributed by atoms with Crippen molar-refractivity contribution < 1.29 is 18.0 Å². The molecule has 2 aliphatic rings. The topological polar surface area (TPSA) is 109 Å². The van der Waals surface area contributed by atoms with E-state index in [2.05, 4.69) is 14.7 Å². The summed E-state index contributed by atoms with van der Waals surface area (Å²) in [4.78, 5) is 34.3. The lowest BCUT2D eigenvalue weighted by Crippen LogP contribution is -2.30. The predicted molar refractivity (Wildman–Crippen MR) is 102 cm³/mol. The largest absolute Gasteiger partial charge is 0.274 e. The molecule has 4 rings (SSSR count). The fraction of sp³-hybridized carbons (Fsp3) is 0.263. The zero-order valence-electron chi connectivity index (χ0n) is 15.1. The Hall–Kier alpha value is -3.07. The van der Waals surface area contributed by atoms with Crippen molar-refractivity contribution in [3.8, 4) is 0 Å². The average molecular weight is 398 g/mol. The molecule has 2 amide bonds. The summed E-state index contributed by atoms with van der Waals surface area (Å²) in [7, 11) is -3.89. The van der Waals surface area contributed by atoms with Crippen LogP contribution < -0.4 is 9.62 Å². The van der Waals surface area contributed by atoms with E-state index in [1.54, 1.807) is 13.0 Å². The molecule has 2 atom stereocenters. The summed E-state index contributed by atoms with van der Waals surface area (Å²) in [5, 5.41) is 0. The molecule has 1 fully saturated rings. The number of nitrogens with zero attached hydrogens (tertiary/aromatic N) is 3. The molecule has 2 heterocycles. The van der Waals surface area contributed by atoms with Gasteiger partial charge in [0, 0.05) is 11.9 Å². The summed E-state index contributed by atoms with van der Waals surface area (Å²) >= 11 is 0. The monoisotopic (exact) mass is 398 g/mol. The molecule has 1 aliphatic carbocycles. The number of allylic oxidation sites excluding steroid dienone is 2. The lowest BCUT2D eigenvalue weighted by Gasteiger charge is -2.15. The molecule has 9 heteroatoms. The number of aromatic nitrogens is 2. The van der Waals surface area contributed by atoms with Gasteiger partial charge in [-0.2, -0.15) is 0 Å². The van der Waals surface area contributed by atoms with Gasteiger partial charge in [0.2, 0.25) is 17.8 Å². The minimum Gasteiger partial charge on any atom is -0.274 e. The van der Waals surface area contributed by atoms with E-state index < -0.39 is 10.0 Å². The molecular formula is C19H18N4O4S. The van der Waals surface area contributed by atoms with E-state index in [4.69, 9.17) is 0 Å². The number of rotatable bonds is 4. The number of carbonyl (C=O) groups excluding carboxylic acids is 2. The maximum absolute atomic E-state index is 12.6. The van der Waals surface area contributed by atoms with Gasteiger partial charge in [0.25, 0.3) is 10.0 Å². The smallest absolute Gasteiger partial charge is 0.264 e. The first-order chi connectivity index (χ1) is 13.4. The second kappa shape index (κ2) is 6.83. The van der Waals surface area contributed by atoms with Crippen molar-refractivity contribution in [1.29, 1.82) is 0 Å². The van der Waals surface area contributed by atoms with Crippen molar-refractivity contribution in [3.05, 3.63) is 54.4 Å². The molecule has 28 heavy (non-hydrogen) atoms. The van der Waals surface area contributed by atoms with E-state index in [1.165, 1.54) is 30.5 Å². The molecular weight excluding hydrogens is 380 g/mol. The van der Waals surface area contributed by atoms with E-state index in [-0.39, 0.29) is 34.5 Å². The highest BCUT2D eigenvalue weighted by molar-refractivity contribution is 7.92. The number of fused-ring (bicyclic) bond motifs is 1. The Bertz CT molecular complexity index is 1050. The fourth-order valence-electron chi connectivity index (χ4n) is 3.51. The van der Waals surface area contributed by atoms with Gasteiger partial charge in [0.1, 0.15) is 0 Å². The third-order valence-electron chi connectivity index (χ3n) is 4.93. The maximum Gasteiger partial charge on any atom is 0.264 e. The average Bonchev–Trinajstić information content (AvgIpc) is 2.93. The lowest BCUT2D eigenvalue weighted by atomic mass is 9.85. The van der Waals surface area contributed by atoms with Gasteiger partial charge >= 0.3 is 0 Å². The SMILES string of the molecule is Cc1ccnc(NS(=O)(=O)c2ccc(N3C(=O)[C@@H]4CC=CC[C@H]4C3=O)cc2)n1. The Morgan fingerprint density at radius 1 is 1.00 bits per heavy atom. The molecule has 0 radical (unpaired) electrons. The van der Waals surface area contributed by atoms with Gasteiger partial charge in [-0.15, -0.1) is 0 Å². The van der Waals surface area contributed by atoms with E-state index >= 15 is 0 Å². The summed E-state index contributed by atoms with van der Waals surface area (Å²) in [5.41, 5.74) is 1.00. The highest BCUT2D eigenvalue weighted by Crippen LogP contribution is 2.37. The van der Waals surface area contributed by atoms with Crippen molar-refractivity contribution >= 4 is 33.5 Å². The summed E-state index contributed by atoms with van der Waals surface area (Å²) in [6.07, 6.45) is 6.41. The first-order valence-corrected chi connectivity index (χ1v) is 10.3. The van der Waals surface area contributed by atoms with Crippen LogP contribution in [-0.4, -0.2) is 30.2 Å². The summed E-state index contributed by atoms with van der Waals surface area (Å²) in [5.74, 6) is -1.16. The molecule has 8 nitrogen and oxygen atoms in total. The molecule has 0 bridgehead atoms. The highest BCUT2D eigenvalue weighted by Gasteiger charge is 2.47. The first kappa shape index (κ1) is 18.3. The number of anilines is 2. The number of amides is 2. The first-order valence-electron chi connectivity index (χ1n) is 8.82. The number of sulfonamides is 1. The predicted octanol–water partition coefficient (Wildman–Crippen LogP) is 2.04. The Balaban J connectivity index is 1.57. The van der Waals surface area contributed by atoms with Gasteiger partial charge in [-0.05, 0) is 50.1 Å².